The molecule has 0 spiro atoms. The number of esters is 1. The second-order valence-electron chi connectivity index (χ2n) is 10.1. The van der Waals surface area contributed by atoms with Gasteiger partial charge in [-0.1, -0.05) is 51.1 Å². The van der Waals surface area contributed by atoms with Crippen LogP contribution in [-0.2, 0) is 28.7 Å². The normalized spacial score (nSPS) is 15.5. The summed E-state index contributed by atoms with van der Waals surface area (Å²) in [5, 5.41) is 2.65. The highest BCUT2D eigenvalue weighted by molar-refractivity contribution is 6.25. The van der Waals surface area contributed by atoms with Crippen LogP contribution < -0.4 is 5.32 Å². The highest BCUT2D eigenvalue weighted by Crippen LogP contribution is 2.38. The minimum Gasteiger partial charge on any atom is -0.456 e. The predicted octanol–water partition coefficient (Wildman–Crippen LogP) is 4.04. The van der Waals surface area contributed by atoms with Gasteiger partial charge in [-0.25, -0.2) is 4.79 Å². The number of allylic oxidation sites excluding steroid dienone is 4. The van der Waals surface area contributed by atoms with Gasteiger partial charge in [-0.15, -0.1) is 0 Å². The molecule has 1 aliphatic carbocycles. The molecule has 1 aromatic carbocycles. The van der Waals surface area contributed by atoms with Gasteiger partial charge in [0.05, 0.1) is 0 Å². The van der Waals surface area contributed by atoms with Crippen LogP contribution in [0, 0.1) is 5.41 Å². The number of benzene rings is 1. The Hall–Kier alpha value is -3.97. The highest BCUT2D eigenvalue weighted by Gasteiger charge is 2.39. The largest absolute Gasteiger partial charge is 0.456 e. The zero-order valence-electron chi connectivity index (χ0n) is 22.8. The van der Waals surface area contributed by atoms with Gasteiger partial charge < -0.3 is 15.6 Å². The van der Waals surface area contributed by atoms with E-state index in [1.54, 1.807) is 34.6 Å². The van der Waals surface area contributed by atoms with Gasteiger partial charge in [-0.05, 0) is 39.2 Å². The average molecular weight is 522 g/mol. The molecule has 38 heavy (non-hydrogen) atoms. The average Bonchev–Trinajstić information content (AvgIpc) is 2.87. The molecule has 1 aromatic rings. The zero-order chi connectivity index (χ0) is 28.6. The molecule has 0 fully saturated rings. The summed E-state index contributed by atoms with van der Waals surface area (Å²) >= 11 is 0. The maximum Gasteiger partial charge on any atom is 0.329 e. The Balaban J connectivity index is 2.25. The number of carbonyl (C=O) groups excluding carboxylic acids is 5. The topological polar surface area (TPSA) is 143 Å². The van der Waals surface area contributed by atoms with Gasteiger partial charge in [0.25, 0.3) is 0 Å². The summed E-state index contributed by atoms with van der Waals surface area (Å²) in [5.41, 5.74) is 9.70. The molecule has 0 bridgehead atoms. The van der Waals surface area contributed by atoms with E-state index in [-0.39, 0.29) is 36.4 Å². The van der Waals surface area contributed by atoms with Crippen molar-refractivity contribution in [1.29, 1.82) is 0 Å². The maximum atomic E-state index is 13.2. The molecule has 9 heteroatoms. The summed E-state index contributed by atoms with van der Waals surface area (Å²) < 4.78 is 5.70. The smallest absolute Gasteiger partial charge is 0.329 e. The molecule has 0 saturated heterocycles. The Bertz CT molecular complexity index is 1240. The van der Waals surface area contributed by atoms with Crippen molar-refractivity contribution in [3.63, 3.8) is 0 Å². The molecule has 0 radical (unpaired) electrons. The highest BCUT2D eigenvalue weighted by atomic mass is 16.5. The molecule has 1 N–H and O–H groups in total. The van der Waals surface area contributed by atoms with Crippen LogP contribution in [0.1, 0.15) is 78.9 Å². The number of hydrogen-bond acceptors (Lipinski definition) is 6. The van der Waals surface area contributed by atoms with Gasteiger partial charge >= 0.3 is 12.2 Å². The predicted molar refractivity (Wildman–Crippen MR) is 141 cm³/mol. The number of nitrogens with zero attached hydrogens (tertiary/aromatic N) is 2. The Morgan fingerprint density at radius 2 is 1.63 bits per heavy atom. The minimum atomic E-state index is -1.16. The SMILES string of the molecule is CCC(OC(=O)C(CCC(=O)C=[N+]=[N-])NC(=O)CC(C)(C)C1=C(C)C(=O)C(C)=C(C)C1=O)c1ccccc1. The molecule has 2 unspecified atom stereocenters. The van der Waals surface area contributed by atoms with Crippen LogP contribution in [0.15, 0.2) is 52.6 Å². The van der Waals surface area contributed by atoms with Crippen LogP contribution in [0.3, 0.4) is 0 Å². The lowest BCUT2D eigenvalue weighted by Crippen LogP contribution is -2.44. The summed E-state index contributed by atoms with van der Waals surface area (Å²) in [5.74, 6) is -2.30. The van der Waals surface area contributed by atoms with Crippen molar-refractivity contribution in [2.45, 2.75) is 79.4 Å². The van der Waals surface area contributed by atoms with Gasteiger partial charge in [-0.3, -0.25) is 19.2 Å². The van der Waals surface area contributed by atoms with Crippen molar-refractivity contribution in [3.05, 3.63) is 63.7 Å². The fraction of sp³-hybridized carbons (Fsp3) is 0.448. The lowest BCUT2D eigenvalue weighted by atomic mass is 9.71. The Morgan fingerprint density at radius 3 is 2.21 bits per heavy atom. The van der Waals surface area contributed by atoms with Crippen LogP contribution in [-0.4, -0.2) is 46.3 Å². The first-order chi connectivity index (χ1) is 17.8. The van der Waals surface area contributed by atoms with Crippen LogP contribution in [0.4, 0.5) is 0 Å². The molecule has 2 rings (SSSR count). The fourth-order valence-electron chi connectivity index (χ4n) is 4.58. The summed E-state index contributed by atoms with van der Waals surface area (Å²) in [6.45, 7) is 10.0. The third-order valence-electron chi connectivity index (χ3n) is 6.77. The molecule has 0 heterocycles. The van der Waals surface area contributed by atoms with E-state index in [1.165, 1.54) is 0 Å². The number of rotatable bonds is 12. The van der Waals surface area contributed by atoms with Gasteiger partial charge in [0.15, 0.2) is 11.6 Å². The lowest BCUT2D eigenvalue weighted by molar-refractivity contribution is -0.154. The molecule has 1 amide bonds. The number of amides is 1. The van der Waals surface area contributed by atoms with Gasteiger partial charge in [-0.2, -0.15) is 4.79 Å². The van der Waals surface area contributed by atoms with E-state index in [0.29, 0.717) is 23.1 Å². The first-order valence-electron chi connectivity index (χ1n) is 12.6. The van der Waals surface area contributed by atoms with Crippen LogP contribution in [0.25, 0.3) is 5.53 Å². The fourth-order valence-corrected chi connectivity index (χ4v) is 4.58. The van der Waals surface area contributed by atoms with Crippen LogP contribution >= 0.6 is 0 Å². The quantitative estimate of drug-likeness (QED) is 0.145. The zero-order valence-corrected chi connectivity index (χ0v) is 22.8. The molecule has 0 aromatic heterocycles. The molecule has 202 valence electrons. The Morgan fingerprint density at radius 1 is 1.03 bits per heavy atom. The summed E-state index contributed by atoms with van der Waals surface area (Å²) in [6, 6.07) is 8.00. The number of hydrogen-bond donors (Lipinski definition) is 1. The van der Waals surface area contributed by atoms with Gasteiger partial charge in [0.2, 0.25) is 11.7 Å². The molecular formula is C29H35N3O6. The number of carbonyl (C=O) groups is 5. The van der Waals surface area contributed by atoms with Crippen LogP contribution in [0.5, 0.6) is 0 Å². The number of ketones is 3. The first kappa shape index (κ1) is 30.3. The second kappa shape index (κ2) is 13.0. The van der Waals surface area contributed by atoms with Crippen molar-refractivity contribution in [1.82, 2.24) is 5.32 Å². The van der Waals surface area contributed by atoms with E-state index in [4.69, 9.17) is 10.3 Å². The molecule has 0 aliphatic heterocycles. The monoisotopic (exact) mass is 521 g/mol. The standard InChI is InChI=1S/C29H35N3O6/c1-7-23(20-11-9-8-10-12-20)38-28(37)22(14-13-21(33)16-31-30)32-24(34)15-29(5,6)25-19(4)26(35)17(2)18(3)27(25)36/h8-12,16,22-23H,7,13-15H2,1-6H3,(H,32,34). The molecule has 1 aliphatic rings. The van der Waals surface area contributed by atoms with E-state index in [2.05, 4.69) is 10.1 Å². The van der Waals surface area contributed by atoms with E-state index in [1.807, 2.05) is 37.3 Å². The van der Waals surface area contributed by atoms with E-state index >= 15 is 0 Å². The van der Waals surface area contributed by atoms with Gasteiger partial charge in [0, 0.05) is 40.5 Å². The minimum absolute atomic E-state index is 0.0821. The van der Waals surface area contributed by atoms with Crippen molar-refractivity contribution in [3.8, 4) is 0 Å². The van der Waals surface area contributed by atoms with E-state index in [0.717, 1.165) is 11.8 Å². The first-order valence-corrected chi connectivity index (χ1v) is 12.6. The Labute approximate surface area is 222 Å². The molecular weight excluding hydrogens is 486 g/mol. The number of Topliss-reactive ketones (excluding diaryl/α,β-unsaturated/α-hetero) is 3. The Kier molecular flexibility index (Phi) is 10.4. The third kappa shape index (κ3) is 7.29. The van der Waals surface area contributed by atoms with Crippen molar-refractivity contribution < 1.29 is 33.5 Å². The maximum absolute atomic E-state index is 13.2. The van der Waals surface area contributed by atoms with E-state index < -0.39 is 35.2 Å². The van der Waals surface area contributed by atoms with Crippen molar-refractivity contribution in [2.75, 3.05) is 0 Å². The third-order valence-corrected chi connectivity index (χ3v) is 6.77. The molecule has 2 atom stereocenters. The summed E-state index contributed by atoms with van der Waals surface area (Å²) in [7, 11) is 0. The molecule has 0 saturated carbocycles. The van der Waals surface area contributed by atoms with Crippen molar-refractivity contribution in [2.24, 2.45) is 5.41 Å². The van der Waals surface area contributed by atoms with Crippen molar-refractivity contribution >= 4 is 35.4 Å². The van der Waals surface area contributed by atoms with Gasteiger partial charge in [0.1, 0.15) is 12.1 Å². The summed E-state index contributed by atoms with van der Waals surface area (Å²) in [6.07, 6.45) is 0.236. The van der Waals surface area contributed by atoms with Crippen LogP contribution in [0.2, 0.25) is 0 Å². The lowest BCUT2D eigenvalue weighted by Gasteiger charge is -2.32. The second-order valence-corrected chi connectivity index (χ2v) is 10.1. The number of nitrogens with one attached hydrogen (secondary N) is 1. The summed E-state index contributed by atoms with van der Waals surface area (Å²) in [4.78, 5) is 66.6. The molecule has 9 nitrogen and oxygen atoms in total. The van der Waals surface area contributed by atoms with E-state index in [9.17, 15) is 24.0 Å². The number of ether oxygens (including phenoxy) is 1.